The third kappa shape index (κ3) is 6.99. The van der Waals surface area contributed by atoms with Gasteiger partial charge in [-0.05, 0) is 37.8 Å². The molecule has 4 nitrogen and oxygen atoms in total. The van der Waals surface area contributed by atoms with Gasteiger partial charge < -0.3 is 10.6 Å². The summed E-state index contributed by atoms with van der Waals surface area (Å²) in [7, 11) is 0. The topological polar surface area (TPSA) is 53.5 Å². The number of hydrogen-bond donors (Lipinski definition) is 2. The predicted molar refractivity (Wildman–Crippen MR) is 90.3 cm³/mol. The first-order valence-electron chi connectivity index (χ1n) is 8.20. The van der Waals surface area contributed by atoms with Crippen LogP contribution in [0.4, 0.5) is 26.7 Å². The first kappa shape index (κ1) is 21.4. The lowest BCUT2D eigenvalue weighted by Crippen LogP contribution is -2.51. The van der Waals surface area contributed by atoms with E-state index >= 15 is 0 Å². The van der Waals surface area contributed by atoms with Crippen molar-refractivity contribution in [3.8, 4) is 0 Å². The molecule has 0 aliphatic heterocycles. The van der Waals surface area contributed by atoms with Gasteiger partial charge in [-0.25, -0.2) is 4.79 Å². The fraction of sp³-hybridized carbons (Fsp3) is 0.750. The quantitative estimate of drug-likeness (QED) is 0.498. The van der Waals surface area contributed by atoms with Gasteiger partial charge in [0.15, 0.2) is 0 Å². The van der Waals surface area contributed by atoms with Crippen LogP contribution in [0.1, 0.15) is 42.9 Å². The Morgan fingerprint density at radius 2 is 1.84 bits per heavy atom. The summed E-state index contributed by atoms with van der Waals surface area (Å²) in [4.78, 5) is 15.5. The third-order valence-electron chi connectivity index (χ3n) is 3.99. The number of nitrogens with zero attached hydrogens (tertiary/aromatic N) is 1. The Hall–Kier alpha value is -1.67. The minimum Gasteiger partial charge on any atom is -0.335 e. The number of rotatable bonds is 7. The van der Waals surface area contributed by atoms with Crippen molar-refractivity contribution < 1.29 is 29.6 Å². The van der Waals surface area contributed by atoms with Crippen LogP contribution in [0.5, 0.6) is 0 Å². The van der Waals surface area contributed by atoms with Crippen LogP contribution in [0, 0.1) is 5.92 Å². The van der Waals surface area contributed by atoms with Crippen LogP contribution in [-0.2, 0) is 0 Å². The van der Waals surface area contributed by atoms with Gasteiger partial charge in [-0.2, -0.15) is 22.0 Å². The van der Waals surface area contributed by atoms with Crippen molar-refractivity contribution in [2.75, 3.05) is 13.1 Å². The van der Waals surface area contributed by atoms with Gasteiger partial charge in [-0.1, -0.05) is 6.92 Å². The molecule has 25 heavy (non-hydrogen) atoms. The Morgan fingerprint density at radius 3 is 2.28 bits per heavy atom. The summed E-state index contributed by atoms with van der Waals surface area (Å²) in [5.41, 5.74) is 0.187. The van der Waals surface area contributed by atoms with Crippen LogP contribution in [0.3, 0.4) is 0 Å². The molecule has 0 spiro atoms. The average molecular weight is 373 g/mol. The molecule has 0 heterocycles. The maximum Gasteiger partial charge on any atom is 0.391 e. The molecule has 1 rings (SSSR count). The average Bonchev–Trinajstić information content (AvgIpc) is 2.43. The van der Waals surface area contributed by atoms with E-state index in [0.29, 0.717) is 12.0 Å². The Kier molecular flexibility index (Phi) is 7.37. The zero-order chi connectivity index (χ0) is 19.3. The maximum atomic E-state index is 13.5. The van der Waals surface area contributed by atoms with E-state index in [-0.39, 0.29) is 34.5 Å². The number of aliphatic imine (C=N–C) groups is 1. The van der Waals surface area contributed by atoms with Crippen molar-refractivity contribution >= 4 is 11.7 Å². The molecule has 0 aromatic rings. The number of halogens is 5. The Labute approximate surface area is 146 Å². The van der Waals surface area contributed by atoms with Crippen molar-refractivity contribution in [2.45, 2.75) is 58.2 Å². The highest BCUT2D eigenvalue weighted by Gasteiger charge is 2.48. The second-order valence-electron chi connectivity index (χ2n) is 6.14. The van der Waals surface area contributed by atoms with Crippen LogP contribution in [0.25, 0.3) is 0 Å². The first-order valence-corrected chi connectivity index (χ1v) is 8.20. The molecule has 148 valence electrons. The normalized spacial score (nSPS) is 22.4. The zero-order valence-corrected chi connectivity index (χ0v) is 14.5. The van der Waals surface area contributed by atoms with Crippen molar-refractivity contribution in [3.05, 3.63) is 11.6 Å². The molecule has 1 aliphatic carbocycles. The number of carbonyl (C=O) groups excluding carboxylic acids is 1. The highest BCUT2D eigenvalue weighted by Crippen LogP contribution is 2.40. The highest BCUT2D eigenvalue weighted by molar-refractivity contribution is 6.00. The van der Waals surface area contributed by atoms with Crippen molar-refractivity contribution in [1.29, 1.82) is 0 Å². The highest BCUT2D eigenvalue weighted by atomic mass is 19.4. The number of hydrogen-bond acceptors (Lipinski definition) is 2. The van der Waals surface area contributed by atoms with Gasteiger partial charge in [0.05, 0.1) is 5.92 Å². The van der Waals surface area contributed by atoms with Crippen molar-refractivity contribution in [2.24, 2.45) is 10.9 Å². The predicted octanol–water partition coefficient (Wildman–Crippen LogP) is 4.57. The summed E-state index contributed by atoms with van der Waals surface area (Å²) in [6, 6.07) is -1.12. The number of amides is 2. The first-order chi connectivity index (χ1) is 11.5. The summed E-state index contributed by atoms with van der Waals surface area (Å²) in [6.07, 6.45) is -2.82. The summed E-state index contributed by atoms with van der Waals surface area (Å²) < 4.78 is 64.1. The van der Waals surface area contributed by atoms with E-state index in [2.05, 4.69) is 15.6 Å². The van der Waals surface area contributed by atoms with Crippen LogP contribution in [-0.4, -0.2) is 43.0 Å². The van der Waals surface area contributed by atoms with E-state index in [9.17, 15) is 26.7 Å². The number of nitrogens with one attached hydrogen (secondary N) is 2. The lowest BCUT2D eigenvalue weighted by Gasteiger charge is -2.36. The summed E-state index contributed by atoms with van der Waals surface area (Å²) in [5, 5.41) is 4.94. The summed E-state index contributed by atoms with van der Waals surface area (Å²) in [5.74, 6) is -4.46. The summed E-state index contributed by atoms with van der Waals surface area (Å²) in [6.45, 7) is 4.38. The van der Waals surface area contributed by atoms with Gasteiger partial charge in [0, 0.05) is 28.9 Å². The molecule has 1 aliphatic rings. The minimum absolute atomic E-state index is 0. The molecule has 1 fully saturated rings. The fourth-order valence-corrected chi connectivity index (χ4v) is 2.39. The van der Waals surface area contributed by atoms with E-state index in [1.165, 1.54) is 6.08 Å². The molecular formula is C16H28F5N3O. The van der Waals surface area contributed by atoms with Gasteiger partial charge in [0.25, 0.3) is 5.92 Å². The van der Waals surface area contributed by atoms with E-state index in [0.717, 1.165) is 6.92 Å². The Morgan fingerprint density at radius 1 is 1.24 bits per heavy atom. The zero-order valence-electron chi connectivity index (χ0n) is 14.5. The third-order valence-corrected chi connectivity index (χ3v) is 3.99. The molecule has 0 aromatic carbocycles. The number of carbonyl (C=O) groups is 1. The van der Waals surface area contributed by atoms with Crippen molar-refractivity contribution in [1.82, 2.24) is 10.6 Å². The van der Waals surface area contributed by atoms with E-state index in [4.69, 9.17) is 0 Å². The Bertz CT molecular complexity index is 527. The second kappa shape index (κ2) is 8.62. The summed E-state index contributed by atoms with van der Waals surface area (Å²) >= 11 is 0. The van der Waals surface area contributed by atoms with E-state index < -0.39 is 30.1 Å². The SMILES string of the molecule is CCN=C(/C=C(\CC)CNC(=O)NC1CC(C(F)(F)F)C1)C(C)(F)F.[HH].[HH]. The number of allylic oxidation sites excluding steroid dienone is 1. The molecule has 0 aromatic heterocycles. The molecular weight excluding hydrogens is 345 g/mol. The van der Waals surface area contributed by atoms with E-state index in [1.54, 1.807) is 13.8 Å². The molecule has 2 N–H and O–H groups in total. The van der Waals surface area contributed by atoms with E-state index in [1.807, 2.05) is 0 Å². The van der Waals surface area contributed by atoms with Crippen LogP contribution in [0.15, 0.2) is 16.6 Å². The van der Waals surface area contributed by atoms with Gasteiger partial charge >= 0.3 is 12.2 Å². The molecule has 0 atom stereocenters. The molecule has 0 saturated heterocycles. The van der Waals surface area contributed by atoms with Gasteiger partial charge in [-0.15, -0.1) is 0 Å². The van der Waals surface area contributed by atoms with Crippen LogP contribution in [0.2, 0.25) is 0 Å². The largest absolute Gasteiger partial charge is 0.391 e. The van der Waals surface area contributed by atoms with Gasteiger partial charge in [-0.3, -0.25) is 4.99 Å². The second-order valence-corrected chi connectivity index (χ2v) is 6.14. The lowest BCUT2D eigenvalue weighted by atomic mass is 9.80. The molecule has 0 radical (unpaired) electrons. The smallest absolute Gasteiger partial charge is 0.335 e. The maximum absolute atomic E-state index is 13.5. The Balaban J connectivity index is 0. The number of alkyl halides is 5. The number of urea groups is 1. The minimum atomic E-state index is -4.23. The molecule has 0 bridgehead atoms. The molecule has 2 amide bonds. The van der Waals surface area contributed by atoms with Gasteiger partial charge in [0.2, 0.25) is 0 Å². The fourth-order valence-electron chi connectivity index (χ4n) is 2.39. The van der Waals surface area contributed by atoms with Crippen molar-refractivity contribution in [3.63, 3.8) is 0 Å². The van der Waals surface area contributed by atoms with Crippen LogP contribution < -0.4 is 10.6 Å². The lowest BCUT2D eigenvalue weighted by molar-refractivity contribution is -0.198. The van der Waals surface area contributed by atoms with Crippen LogP contribution >= 0.6 is 0 Å². The standard InChI is InChI=1S/C16H24F5N3O.2H2/c1-4-10(6-13(22-5-2)15(3,17)18)9-23-14(25)24-12-7-11(8-12)16(19,20)21;;/h6,11-12H,4-5,7-9H2,1-3H3,(H2,23,24,25);2*1H/b10-6+,22-13?;;. The monoisotopic (exact) mass is 373 g/mol. The molecule has 1 saturated carbocycles. The molecule has 0 unspecified atom stereocenters. The molecule has 9 heteroatoms. The van der Waals surface area contributed by atoms with Gasteiger partial charge in [0.1, 0.15) is 5.71 Å².